The van der Waals surface area contributed by atoms with Gasteiger partial charge >= 0.3 is 6.18 Å². The highest BCUT2D eigenvalue weighted by Gasteiger charge is 2.37. The van der Waals surface area contributed by atoms with Crippen molar-refractivity contribution < 1.29 is 31.2 Å². The lowest BCUT2D eigenvalue weighted by molar-refractivity contribution is -0.139. The van der Waals surface area contributed by atoms with Crippen LogP contribution in [0.25, 0.3) is 0 Å². The van der Waals surface area contributed by atoms with Crippen LogP contribution in [-0.2, 0) is 38.8 Å². The van der Waals surface area contributed by atoms with Crippen LogP contribution in [0, 0.1) is 13.8 Å². The van der Waals surface area contributed by atoms with E-state index in [2.05, 4.69) is 5.32 Å². The van der Waals surface area contributed by atoms with Crippen molar-refractivity contribution in [1.82, 2.24) is 10.2 Å². The van der Waals surface area contributed by atoms with Gasteiger partial charge in [-0.25, -0.2) is 8.42 Å². The van der Waals surface area contributed by atoms with Gasteiger partial charge in [-0.05, 0) is 55.3 Å². The number of rotatable bonds is 11. The van der Waals surface area contributed by atoms with Crippen LogP contribution in [0.3, 0.4) is 0 Å². The zero-order valence-electron chi connectivity index (χ0n) is 25.4. The van der Waals surface area contributed by atoms with Gasteiger partial charge in [0.15, 0.2) is 0 Å². The topological polar surface area (TPSA) is 86.8 Å². The summed E-state index contributed by atoms with van der Waals surface area (Å²) >= 11 is 5.85. The molecule has 1 N–H and O–H groups in total. The second kappa shape index (κ2) is 14.4. The van der Waals surface area contributed by atoms with Crippen LogP contribution >= 0.6 is 11.6 Å². The van der Waals surface area contributed by atoms with Crippen molar-refractivity contribution in [3.05, 3.63) is 130 Å². The van der Waals surface area contributed by atoms with Gasteiger partial charge in [-0.3, -0.25) is 13.9 Å². The van der Waals surface area contributed by atoms with E-state index in [1.165, 1.54) is 24.1 Å². The molecule has 0 aliphatic heterocycles. The van der Waals surface area contributed by atoms with E-state index < -0.39 is 56.9 Å². The molecule has 0 aromatic heterocycles. The van der Waals surface area contributed by atoms with Gasteiger partial charge in [0.25, 0.3) is 10.0 Å². The van der Waals surface area contributed by atoms with E-state index in [1.54, 1.807) is 55.5 Å². The smallest absolute Gasteiger partial charge is 0.357 e. The van der Waals surface area contributed by atoms with Crippen LogP contribution in [-0.4, -0.2) is 44.8 Å². The van der Waals surface area contributed by atoms with Crippen molar-refractivity contribution in [3.8, 4) is 0 Å². The number of nitrogens with zero attached hydrogens (tertiary/aromatic N) is 2. The minimum absolute atomic E-state index is 0.0725. The molecule has 0 bridgehead atoms. The maximum Gasteiger partial charge on any atom is 0.417 e. The molecule has 0 saturated heterocycles. The number of carbonyl (C=O) groups is 2. The average Bonchev–Trinajstić information content (AvgIpc) is 3.02. The molecule has 7 nitrogen and oxygen atoms in total. The number of hydrogen-bond donors (Lipinski definition) is 1. The maximum absolute atomic E-state index is 14.3. The largest absolute Gasteiger partial charge is 0.417 e. The third-order valence-electron chi connectivity index (χ3n) is 7.42. The Morgan fingerprint density at radius 2 is 1.43 bits per heavy atom. The summed E-state index contributed by atoms with van der Waals surface area (Å²) in [6, 6.07) is 23.5. The molecule has 0 radical (unpaired) electrons. The van der Waals surface area contributed by atoms with E-state index >= 15 is 0 Å². The molecule has 4 aromatic rings. The fourth-order valence-corrected chi connectivity index (χ4v) is 6.49. The summed E-state index contributed by atoms with van der Waals surface area (Å²) in [6.07, 6.45) is -4.80. The van der Waals surface area contributed by atoms with Gasteiger partial charge in [-0.15, -0.1) is 0 Å². The van der Waals surface area contributed by atoms with Crippen molar-refractivity contribution in [2.75, 3.05) is 17.9 Å². The summed E-state index contributed by atoms with van der Waals surface area (Å²) in [5, 5.41) is 1.96. The Hall–Kier alpha value is -4.35. The Kier molecular flexibility index (Phi) is 10.8. The highest BCUT2D eigenvalue weighted by atomic mass is 35.5. The Morgan fingerprint density at radius 1 is 0.848 bits per heavy atom. The van der Waals surface area contributed by atoms with E-state index in [4.69, 9.17) is 11.6 Å². The zero-order chi connectivity index (χ0) is 33.6. The number of amides is 2. The Labute approximate surface area is 271 Å². The highest BCUT2D eigenvalue weighted by molar-refractivity contribution is 7.92. The van der Waals surface area contributed by atoms with Crippen molar-refractivity contribution >= 4 is 39.1 Å². The molecule has 0 unspecified atom stereocenters. The van der Waals surface area contributed by atoms with Gasteiger partial charge in [0.2, 0.25) is 11.8 Å². The predicted molar refractivity (Wildman–Crippen MR) is 172 cm³/mol. The molecule has 4 aromatic carbocycles. The number of likely N-dealkylation sites (N-methyl/N-ethyl adjacent to an activating group) is 1. The quantitative estimate of drug-likeness (QED) is 0.196. The van der Waals surface area contributed by atoms with E-state index in [0.29, 0.717) is 15.9 Å². The molecule has 1 atom stereocenters. The summed E-state index contributed by atoms with van der Waals surface area (Å²) in [6.45, 7) is 2.67. The molecule has 0 heterocycles. The third-order valence-corrected chi connectivity index (χ3v) is 9.54. The van der Waals surface area contributed by atoms with Crippen molar-refractivity contribution in [1.29, 1.82) is 0 Å². The number of hydrogen-bond acceptors (Lipinski definition) is 4. The van der Waals surface area contributed by atoms with Gasteiger partial charge in [-0.1, -0.05) is 89.5 Å². The van der Waals surface area contributed by atoms with Gasteiger partial charge in [0, 0.05) is 20.0 Å². The number of benzene rings is 4. The second-order valence-electron chi connectivity index (χ2n) is 10.8. The first-order chi connectivity index (χ1) is 21.7. The fourth-order valence-electron chi connectivity index (χ4n) is 4.86. The average molecular weight is 672 g/mol. The molecule has 2 amide bonds. The second-order valence-corrected chi connectivity index (χ2v) is 13.1. The van der Waals surface area contributed by atoms with E-state index in [1.807, 2.05) is 25.1 Å². The van der Waals surface area contributed by atoms with Crippen LogP contribution < -0.4 is 9.62 Å². The van der Waals surface area contributed by atoms with Crippen LogP contribution in [0.4, 0.5) is 18.9 Å². The third kappa shape index (κ3) is 8.27. The Morgan fingerprint density at radius 3 is 2.00 bits per heavy atom. The van der Waals surface area contributed by atoms with Crippen molar-refractivity contribution in [3.63, 3.8) is 0 Å². The SMILES string of the molecule is CNC(=O)[C@@H](Cc1ccccc1)N(Cc1ccc(C)cc1)C(=O)CN(c1ccc(Cl)c(C(F)(F)F)c1)S(=O)(=O)c1ccc(C)cc1. The molecular weight excluding hydrogens is 639 g/mol. The number of aryl methyl sites for hydroxylation is 2. The number of sulfonamides is 1. The lowest BCUT2D eigenvalue weighted by atomic mass is 10.0. The molecule has 0 saturated carbocycles. The van der Waals surface area contributed by atoms with Gasteiger partial charge in [0.05, 0.1) is 21.2 Å². The summed E-state index contributed by atoms with van der Waals surface area (Å²) < 4.78 is 70.4. The van der Waals surface area contributed by atoms with Crippen LogP contribution in [0.5, 0.6) is 0 Å². The van der Waals surface area contributed by atoms with Crippen LogP contribution in [0.1, 0.15) is 27.8 Å². The molecule has 4 rings (SSSR count). The highest BCUT2D eigenvalue weighted by Crippen LogP contribution is 2.38. The fraction of sp³-hybridized carbons (Fsp3) is 0.235. The Bertz CT molecular complexity index is 1780. The van der Waals surface area contributed by atoms with Crippen molar-refractivity contribution in [2.45, 2.75) is 43.9 Å². The normalized spacial score (nSPS) is 12.3. The first-order valence-electron chi connectivity index (χ1n) is 14.3. The summed E-state index contributed by atoms with van der Waals surface area (Å²) in [4.78, 5) is 28.7. The number of nitrogens with one attached hydrogen (secondary N) is 1. The minimum atomic E-state index is -4.89. The van der Waals surface area contributed by atoms with Crippen molar-refractivity contribution in [2.24, 2.45) is 0 Å². The molecule has 46 heavy (non-hydrogen) atoms. The number of carbonyl (C=O) groups excluding carboxylic acids is 2. The van der Waals surface area contributed by atoms with Gasteiger partial charge in [-0.2, -0.15) is 13.2 Å². The molecule has 0 fully saturated rings. The standard InChI is InChI=1S/C34H33ClF3N3O4S/c1-23-9-13-26(14-10-23)21-40(31(33(43)39-3)19-25-7-5-4-6-8-25)32(42)22-41(46(44,45)28-16-11-24(2)12-17-28)27-15-18-30(35)29(20-27)34(36,37)38/h4-18,20,31H,19,21-22H2,1-3H3,(H,39,43)/t31-/m1/s1. The number of halogens is 4. The first kappa shape index (κ1) is 34.5. The molecule has 242 valence electrons. The van der Waals surface area contributed by atoms with E-state index in [0.717, 1.165) is 28.8 Å². The van der Waals surface area contributed by atoms with Crippen LogP contribution in [0.15, 0.2) is 102 Å². The Balaban J connectivity index is 1.84. The first-order valence-corrected chi connectivity index (χ1v) is 16.1. The van der Waals surface area contributed by atoms with E-state index in [9.17, 15) is 31.2 Å². The number of alkyl halides is 3. The van der Waals surface area contributed by atoms with Crippen LogP contribution in [0.2, 0.25) is 5.02 Å². The zero-order valence-corrected chi connectivity index (χ0v) is 27.0. The predicted octanol–water partition coefficient (Wildman–Crippen LogP) is 6.56. The summed E-state index contributed by atoms with van der Waals surface area (Å²) in [5.41, 5.74) is 1.46. The minimum Gasteiger partial charge on any atom is -0.357 e. The van der Waals surface area contributed by atoms with E-state index in [-0.39, 0.29) is 17.9 Å². The summed E-state index contributed by atoms with van der Waals surface area (Å²) in [7, 11) is -3.16. The molecule has 12 heteroatoms. The number of anilines is 1. The molecular formula is C34H33ClF3N3O4S. The summed E-state index contributed by atoms with van der Waals surface area (Å²) in [5.74, 6) is -1.30. The molecule has 0 aliphatic carbocycles. The monoisotopic (exact) mass is 671 g/mol. The van der Waals surface area contributed by atoms with Gasteiger partial charge < -0.3 is 10.2 Å². The maximum atomic E-state index is 14.3. The molecule has 0 aliphatic rings. The molecule has 0 spiro atoms. The lowest BCUT2D eigenvalue weighted by Crippen LogP contribution is -2.53. The van der Waals surface area contributed by atoms with Gasteiger partial charge in [0.1, 0.15) is 12.6 Å². The lowest BCUT2D eigenvalue weighted by Gasteiger charge is -2.33.